The van der Waals surface area contributed by atoms with E-state index in [2.05, 4.69) is 100 Å². The molecule has 2 aromatic carbocycles. The number of benzene rings is 2. The molecule has 5 heteroatoms. The van der Waals surface area contributed by atoms with Crippen LogP contribution in [0, 0.1) is 0 Å². The zero-order valence-electron chi connectivity index (χ0n) is 25.4. The van der Waals surface area contributed by atoms with Gasteiger partial charge in [0.2, 0.25) is 0 Å². The van der Waals surface area contributed by atoms with Crippen LogP contribution < -0.4 is 0 Å². The van der Waals surface area contributed by atoms with E-state index in [1.807, 2.05) is 0 Å². The molecule has 0 aliphatic carbocycles. The molecule has 0 fully saturated rings. The van der Waals surface area contributed by atoms with Crippen LogP contribution in [0.4, 0.5) is 0 Å². The summed E-state index contributed by atoms with van der Waals surface area (Å²) in [5.74, 6) is 0. The first-order chi connectivity index (χ1) is 20.0. The van der Waals surface area contributed by atoms with Crippen LogP contribution in [0.3, 0.4) is 0 Å². The van der Waals surface area contributed by atoms with Gasteiger partial charge in [0.05, 0.1) is 0 Å². The van der Waals surface area contributed by atoms with Gasteiger partial charge in [-0.1, -0.05) is 166 Å². The zero-order valence-corrected chi connectivity index (χ0v) is 31.7. The summed E-state index contributed by atoms with van der Waals surface area (Å²) in [5.41, 5.74) is 2.86. The van der Waals surface area contributed by atoms with E-state index < -0.39 is 0 Å². The van der Waals surface area contributed by atoms with E-state index in [0.29, 0.717) is 0 Å². The lowest BCUT2D eigenvalue weighted by molar-refractivity contribution is 0.125. The van der Waals surface area contributed by atoms with Crippen LogP contribution in [0.2, 0.25) is 0 Å². The van der Waals surface area contributed by atoms with E-state index in [1.165, 1.54) is 170 Å². The highest BCUT2D eigenvalue weighted by Gasteiger charge is 2.00. The molecule has 232 valence electrons. The van der Waals surface area contributed by atoms with E-state index in [9.17, 15) is 0 Å². The van der Waals surface area contributed by atoms with Crippen molar-refractivity contribution in [1.82, 2.24) is 0 Å². The molecule has 0 N–H and O–H groups in total. The molecule has 0 atom stereocenters. The van der Waals surface area contributed by atoms with Crippen LogP contribution in [0.5, 0.6) is 0 Å². The molecule has 0 aromatic heterocycles. The molecule has 0 spiro atoms. The highest BCUT2D eigenvalue weighted by Crippen LogP contribution is 2.23. The maximum atomic E-state index is 5.88. The van der Waals surface area contributed by atoms with E-state index in [-0.39, 0.29) is 0 Å². The van der Waals surface area contributed by atoms with Gasteiger partial charge in [-0.2, -0.15) is 0 Å². The maximum absolute atomic E-state index is 5.88. The lowest BCUT2D eigenvalue weighted by atomic mass is 10.0. The Morgan fingerprint density at radius 3 is 0.854 bits per heavy atom. The quantitative estimate of drug-likeness (QED) is 0.0859. The number of halogens is 4. The normalized spacial score (nSPS) is 11.4. The van der Waals surface area contributed by atoms with Crippen molar-refractivity contribution in [3.8, 4) is 0 Å². The Hall–Kier alpha value is 0.320. The van der Waals surface area contributed by atoms with Gasteiger partial charge in [0.25, 0.3) is 0 Å². The second-order valence-corrected chi connectivity index (χ2v) is 15.4. The average Bonchev–Trinajstić information content (AvgIpc) is 2.92. The number of rotatable bonds is 26. The van der Waals surface area contributed by atoms with Crippen molar-refractivity contribution in [3.05, 3.63) is 65.4 Å². The summed E-state index contributed by atoms with van der Waals surface area (Å²) < 4.78 is 10.6. The summed E-state index contributed by atoms with van der Waals surface area (Å²) in [6.07, 6.45) is 29.6. The van der Waals surface area contributed by atoms with E-state index >= 15 is 0 Å². The van der Waals surface area contributed by atoms with Crippen molar-refractivity contribution in [2.75, 3.05) is 13.2 Å². The zero-order chi connectivity index (χ0) is 29.4. The Kier molecular flexibility index (Phi) is 23.4. The Labute approximate surface area is 286 Å². The SMILES string of the molecule is Brc1cc(Br)cc(CCCCCCCCCCCCOCCCCCCCCCCCCc2cc(Br)cc(Br)c2)c1. The standard InChI is InChI=1S/C36H54Br4O/c37-33-25-31(26-34(38)29-33)21-17-13-9-5-1-3-7-11-15-19-23-41-24-20-16-12-8-4-2-6-10-14-18-22-32-27-35(39)30-36(40)28-32/h25-30H,1-24H2. The summed E-state index contributed by atoms with van der Waals surface area (Å²) in [6, 6.07) is 13.2. The molecule has 0 bridgehead atoms. The first-order valence-corrected chi connectivity index (χ1v) is 19.7. The van der Waals surface area contributed by atoms with Crippen LogP contribution in [-0.2, 0) is 17.6 Å². The van der Waals surface area contributed by atoms with Gasteiger partial charge in [-0.25, -0.2) is 0 Å². The molecule has 1 nitrogen and oxygen atoms in total. The van der Waals surface area contributed by atoms with Crippen LogP contribution in [-0.4, -0.2) is 13.2 Å². The molecule has 0 amide bonds. The van der Waals surface area contributed by atoms with Gasteiger partial charge >= 0.3 is 0 Å². The molecule has 2 aromatic rings. The number of aryl methyl sites for hydroxylation is 2. The number of hydrogen-bond donors (Lipinski definition) is 0. The minimum atomic E-state index is 0.966. The number of ether oxygens (including phenoxy) is 1. The summed E-state index contributed by atoms with van der Waals surface area (Å²) in [7, 11) is 0. The number of hydrogen-bond acceptors (Lipinski definition) is 1. The molecule has 0 saturated heterocycles. The predicted octanol–water partition coefficient (Wildman–Crippen LogP) is 14.3. The van der Waals surface area contributed by atoms with E-state index in [4.69, 9.17) is 4.74 Å². The fraction of sp³-hybridized carbons (Fsp3) is 0.667. The minimum absolute atomic E-state index is 0.966. The van der Waals surface area contributed by atoms with Gasteiger partial charge in [-0.3, -0.25) is 0 Å². The van der Waals surface area contributed by atoms with Crippen molar-refractivity contribution < 1.29 is 4.74 Å². The molecule has 0 saturated carbocycles. The van der Waals surface area contributed by atoms with Crippen molar-refractivity contribution in [3.63, 3.8) is 0 Å². The van der Waals surface area contributed by atoms with Crippen molar-refractivity contribution in [1.29, 1.82) is 0 Å². The lowest BCUT2D eigenvalue weighted by Gasteiger charge is -2.06. The highest BCUT2D eigenvalue weighted by atomic mass is 79.9. The molecule has 0 aliphatic heterocycles. The molecular formula is C36H54Br4O. The monoisotopic (exact) mass is 818 g/mol. The van der Waals surface area contributed by atoms with Gasteiger partial charge in [0, 0.05) is 31.1 Å². The fourth-order valence-electron chi connectivity index (χ4n) is 5.51. The van der Waals surface area contributed by atoms with Gasteiger partial charge < -0.3 is 4.74 Å². The third kappa shape index (κ3) is 21.6. The van der Waals surface area contributed by atoms with Crippen molar-refractivity contribution >= 4 is 63.7 Å². The summed E-state index contributed by atoms with van der Waals surface area (Å²) in [6.45, 7) is 1.93. The van der Waals surface area contributed by atoms with Gasteiger partial charge in [0.15, 0.2) is 0 Å². The Morgan fingerprint density at radius 2 is 0.561 bits per heavy atom. The molecule has 0 radical (unpaired) electrons. The van der Waals surface area contributed by atoms with Crippen LogP contribution >= 0.6 is 63.7 Å². The maximum Gasteiger partial charge on any atom is 0.0466 e. The van der Waals surface area contributed by atoms with E-state index in [0.717, 1.165) is 13.2 Å². The topological polar surface area (TPSA) is 9.23 Å². The van der Waals surface area contributed by atoms with Crippen molar-refractivity contribution in [2.45, 2.75) is 141 Å². The first kappa shape index (κ1) is 37.5. The predicted molar refractivity (Wildman–Crippen MR) is 194 cm³/mol. The van der Waals surface area contributed by atoms with Gasteiger partial charge in [-0.15, -0.1) is 0 Å². The number of unbranched alkanes of at least 4 members (excludes halogenated alkanes) is 18. The van der Waals surface area contributed by atoms with Crippen LogP contribution in [0.1, 0.15) is 140 Å². The highest BCUT2D eigenvalue weighted by molar-refractivity contribution is 9.11. The molecular weight excluding hydrogens is 768 g/mol. The third-order valence-electron chi connectivity index (χ3n) is 7.85. The Morgan fingerprint density at radius 1 is 0.317 bits per heavy atom. The molecule has 0 unspecified atom stereocenters. The Balaban J connectivity index is 1.21. The lowest BCUT2D eigenvalue weighted by Crippen LogP contribution is -1.97. The molecule has 2 rings (SSSR count). The molecule has 0 heterocycles. The van der Waals surface area contributed by atoms with Crippen LogP contribution in [0.15, 0.2) is 54.3 Å². The van der Waals surface area contributed by atoms with Gasteiger partial charge in [0.1, 0.15) is 0 Å². The van der Waals surface area contributed by atoms with Crippen LogP contribution in [0.25, 0.3) is 0 Å². The smallest absolute Gasteiger partial charge is 0.0466 e. The summed E-state index contributed by atoms with van der Waals surface area (Å²) in [5, 5.41) is 0. The molecule has 41 heavy (non-hydrogen) atoms. The minimum Gasteiger partial charge on any atom is -0.381 e. The van der Waals surface area contributed by atoms with Gasteiger partial charge in [-0.05, 0) is 86.1 Å². The second kappa shape index (κ2) is 25.6. The second-order valence-electron chi connectivity index (χ2n) is 11.7. The van der Waals surface area contributed by atoms with E-state index in [1.54, 1.807) is 0 Å². The first-order valence-electron chi connectivity index (χ1n) is 16.5. The molecule has 0 aliphatic rings. The summed E-state index contributed by atoms with van der Waals surface area (Å²) >= 11 is 14.3. The largest absolute Gasteiger partial charge is 0.381 e. The average molecular weight is 822 g/mol. The third-order valence-corrected chi connectivity index (χ3v) is 9.68. The Bertz CT molecular complexity index is 802. The van der Waals surface area contributed by atoms with Crippen molar-refractivity contribution in [2.24, 2.45) is 0 Å². The fourth-order valence-corrected chi connectivity index (χ4v) is 8.28. The summed E-state index contributed by atoms with van der Waals surface area (Å²) in [4.78, 5) is 0.